The quantitative estimate of drug-likeness (QED) is 0.113. The van der Waals surface area contributed by atoms with E-state index in [1.165, 1.54) is 12.3 Å². The van der Waals surface area contributed by atoms with Crippen LogP contribution in [0.15, 0.2) is 94.5 Å². The second-order valence-electron chi connectivity index (χ2n) is 9.53. The van der Waals surface area contributed by atoms with E-state index in [0.717, 1.165) is 11.1 Å². The minimum Gasteiger partial charge on any atom is -0.488 e. The Morgan fingerprint density at radius 1 is 0.864 bits per heavy atom. The molecule has 0 spiro atoms. The molecule has 0 aliphatic carbocycles. The zero-order valence-electron chi connectivity index (χ0n) is 23.2. The molecule has 0 aliphatic rings. The standard InChI is InChI=1S/C32H26BrCl4N3O4/c1-19(44-30-12-10-24(35)16-27(30)37)31(41)39-28(14-20-5-3-2-4-6-20)32(42)40-38-17-21-7-11-29(25(33)13-21)43-18-22-8-9-23(34)15-26(22)36/h2-13,15-17,19,28H,14,18H2,1H3,(H,39,41)(H,40,42)/b38-17-/t19-,28+/m0/s1. The monoisotopic (exact) mass is 735 g/mol. The molecule has 2 N–H and O–H groups in total. The third-order valence-corrected chi connectivity index (χ3v) is 7.96. The van der Waals surface area contributed by atoms with Gasteiger partial charge in [-0.15, -0.1) is 0 Å². The van der Waals surface area contributed by atoms with Gasteiger partial charge in [0.1, 0.15) is 24.1 Å². The van der Waals surface area contributed by atoms with Gasteiger partial charge in [-0.3, -0.25) is 9.59 Å². The molecule has 7 nitrogen and oxygen atoms in total. The van der Waals surface area contributed by atoms with Crippen LogP contribution in [0.3, 0.4) is 0 Å². The Bertz CT molecular complexity index is 1660. The first kappa shape index (κ1) is 33.6. The van der Waals surface area contributed by atoms with E-state index in [0.29, 0.717) is 36.6 Å². The fourth-order valence-corrected chi connectivity index (χ4v) is 5.35. The van der Waals surface area contributed by atoms with Crippen LogP contribution in [0.5, 0.6) is 11.5 Å². The highest BCUT2D eigenvalue weighted by Crippen LogP contribution is 2.29. The van der Waals surface area contributed by atoms with Crippen LogP contribution < -0.4 is 20.2 Å². The van der Waals surface area contributed by atoms with E-state index < -0.39 is 24.0 Å². The van der Waals surface area contributed by atoms with Crippen LogP contribution in [-0.2, 0) is 22.6 Å². The molecule has 4 aromatic rings. The lowest BCUT2D eigenvalue weighted by Crippen LogP contribution is -2.50. The molecule has 0 saturated heterocycles. The SMILES string of the molecule is C[C@H](Oc1ccc(Cl)cc1Cl)C(=O)N[C@H](Cc1ccccc1)C(=O)N/N=C\c1ccc(OCc2ccc(Cl)cc2Cl)c(Br)c1. The summed E-state index contributed by atoms with van der Waals surface area (Å²) in [6.07, 6.45) is 0.771. The molecular formula is C32H26BrCl4N3O4. The molecule has 0 fully saturated rings. The van der Waals surface area contributed by atoms with E-state index in [-0.39, 0.29) is 18.1 Å². The summed E-state index contributed by atoms with van der Waals surface area (Å²) in [7, 11) is 0. The van der Waals surface area contributed by atoms with Crippen molar-refractivity contribution in [2.75, 3.05) is 0 Å². The molecule has 44 heavy (non-hydrogen) atoms. The summed E-state index contributed by atoms with van der Waals surface area (Å²) in [6, 6.07) is 23.6. The molecule has 0 unspecified atom stereocenters. The number of rotatable bonds is 12. The zero-order valence-corrected chi connectivity index (χ0v) is 27.8. The van der Waals surface area contributed by atoms with Gasteiger partial charge in [-0.1, -0.05) is 82.8 Å². The number of hydrogen-bond donors (Lipinski definition) is 2. The van der Waals surface area contributed by atoms with Gasteiger partial charge < -0.3 is 14.8 Å². The highest BCUT2D eigenvalue weighted by atomic mass is 79.9. The van der Waals surface area contributed by atoms with Crippen molar-refractivity contribution in [3.8, 4) is 11.5 Å². The van der Waals surface area contributed by atoms with Crippen LogP contribution in [0.25, 0.3) is 0 Å². The molecule has 0 saturated carbocycles. The minimum atomic E-state index is -0.947. The number of ether oxygens (including phenoxy) is 2. The summed E-state index contributed by atoms with van der Waals surface area (Å²) in [6.45, 7) is 1.81. The lowest BCUT2D eigenvalue weighted by molar-refractivity contribution is -0.132. The first-order valence-electron chi connectivity index (χ1n) is 13.2. The van der Waals surface area contributed by atoms with Gasteiger partial charge in [-0.2, -0.15) is 5.10 Å². The second kappa shape index (κ2) is 16.2. The smallest absolute Gasteiger partial charge is 0.262 e. The average Bonchev–Trinajstić information content (AvgIpc) is 2.99. The summed E-state index contributed by atoms with van der Waals surface area (Å²) in [5.74, 6) is -0.118. The summed E-state index contributed by atoms with van der Waals surface area (Å²) in [4.78, 5) is 26.2. The third kappa shape index (κ3) is 9.87. The number of halogens is 5. The largest absolute Gasteiger partial charge is 0.488 e. The fraction of sp³-hybridized carbons (Fsp3) is 0.156. The van der Waals surface area contributed by atoms with Crippen LogP contribution in [0, 0.1) is 0 Å². The van der Waals surface area contributed by atoms with Crippen molar-refractivity contribution in [3.63, 3.8) is 0 Å². The number of amides is 2. The molecule has 0 aromatic heterocycles. The zero-order chi connectivity index (χ0) is 31.6. The summed E-state index contributed by atoms with van der Waals surface area (Å²) < 4.78 is 12.3. The van der Waals surface area contributed by atoms with Crippen LogP contribution in [0.1, 0.15) is 23.6 Å². The first-order chi connectivity index (χ1) is 21.1. The molecule has 0 radical (unpaired) electrons. The van der Waals surface area contributed by atoms with Gasteiger partial charge in [0.15, 0.2) is 6.10 Å². The van der Waals surface area contributed by atoms with Crippen LogP contribution >= 0.6 is 62.3 Å². The van der Waals surface area contributed by atoms with Crippen molar-refractivity contribution in [2.24, 2.45) is 5.10 Å². The number of carbonyl (C=O) groups is 2. The van der Waals surface area contributed by atoms with E-state index in [1.54, 1.807) is 55.5 Å². The highest BCUT2D eigenvalue weighted by Gasteiger charge is 2.25. The minimum absolute atomic E-state index is 0.234. The van der Waals surface area contributed by atoms with Crippen molar-refractivity contribution < 1.29 is 19.1 Å². The van der Waals surface area contributed by atoms with Crippen molar-refractivity contribution in [1.29, 1.82) is 0 Å². The molecule has 228 valence electrons. The number of benzene rings is 4. The maximum atomic E-state index is 13.2. The predicted molar refractivity (Wildman–Crippen MR) is 179 cm³/mol. The van der Waals surface area contributed by atoms with Crippen LogP contribution in [0.4, 0.5) is 0 Å². The number of hydrogen-bond acceptors (Lipinski definition) is 5. The first-order valence-corrected chi connectivity index (χ1v) is 15.5. The Balaban J connectivity index is 1.38. The van der Waals surface area contributed by atoms with E-state index in [1.807, 2.05) is 30.3 Å². The van der Waals surface area contributed by atoms with Crippen molar-refractivity contribution >= 4 is 80.4 Å². The van der Waals surface area contributed by atoms with Gasteiger partial charge in [-0.05, 0) is 82.5 Å². The lowest BCUT2D eigenvalue weighted by Gasteiger charge is -2.21. The number of nitrogens with one attached hydrogen (secondary N) is 2. The molecule has 4 aromatic carbocycles. The van der Waals surface area contributed by atoms with Gasteiger partial charge in [0.25, 0.3) is 11.8 Å². The number of nitrogens with zero attached hydrogens (tertiary/aromatic N) is 1. The normalized spacial score (nSPS) is 12.4. The number of hydrazone groups is 1. The molecule has 0 aliphatic heterocycles. The Hall–Kier alpha value is -3.27. The average molecular weight is 738 g/mol. The van der Waals surface area contributed by atoms with Crippen molar-refractivity contribution in [1.82, 2.24) is 10.7 Å². The molecule has 2 amide bonds. The van der Waals surface area contributed by atoms with Crippen molar-refractivity contribution in [3.05, 3.63) is 126 Å². The summed E-state index contributed by atoms with van der Waals surface area (Å²) in [5, 5.41) is 8.63. The van der Waals surface area contributed by atoms with Gasteiger partial charge in [0, 0.05) is 27.1 Å². The van der Waals surface area contributed by atoms with E-state index in [4.69, 9.17) is 55.9 Å². The molecular weight excluding hydrogens is 712 g/mol. The van der Waals surface area contributed by atoms with E-state index in [2.05, 4.69) is 31.8 Å². The Morgan fingerprint density at radius 2 is 1.55 bits per heavy atom. The maximum absolute atomic E-state index is 13.2. The van der Waals surface area contributed by atoms with Gasteiger partial charge in [-0.25, -0.2) is 5.43 Å². The molecule has 0 bridgehead atoms. The van der Waals surface area contributed by atoms with Crippen LogP contribution in [0.2, 0.25) is 20.1 Å². The Labute approximate surface area is 283 Å². The van der Waals surface area contributed by atoms with Crippen LogP contribution in [-0.4, -0.2) is 30.2 Å². The maximum Gasteiger partial charge on any atom is 0.262 e. The Morgan fingerprint density at radius 3 is 2.23 bits per heavy atom. The number of carbonyl (C=O) groups excluding carboxylic acids is 2. The van der Waals surface area contributed by atoms with Gasteiger partial charge in [0.2, 0.25) is 0 Å². The van der Waals surface area contributed by atoms with Crippen molar-refractivity contribution in [2.45, 2.75) is 32.1 Å². The van der Waals surface area contributed by atoms with E-state index in [9.17, 15) is 9.59 Å². The molecule has 0 heterocycles. The highest BCUT2D eigenvalue weighted by molar-refractivity contribution is 9.10. The Kier molecular flexibility index (Phi) is 12.3. The predicted octanol–water partition coefficient (Wildman–Crippen LogP) is 8.29. The topological polar surface area (TPSA) is 89.0 Å². The summed E-state index contributed by atoms with van der Waals surface area (Å²) >= 11 is 27.8. The van der Waals surface area contributed by atoms with Gasteiger partial charge >= 0.3 is 0 Å². The molecule has 12 heteroatoms. The third-order valence-electron chi connectivity index (χ3n) is 6.23. The summed E-state index contributed by atoms with van der Waals surface area (Å²) in [5.41, 5.74) is 4.86. The molecule has 2 atom stereocenters. The fourth-order valence-electron chi connectivity index (χ4n) is 3.92. The molecule has 4 rings (SSSR count). The van der Waals surface area contributed by atoms with Gasteiger partial charge in [0.05, 0.1) is 15.7 Å². The van der Waals surface area contributed by atoms with E-state index >= 15 is 0 Å². The second-order valence-corrected chi connectivity index (χ2v) is 12.1. The lowest BCUT2D eigenvalue weighted by atomic mass is 10.1.